The Morgan fingerprint density at radius 3 is 2.88 bits per heavy atom. The van der Waals surface area contributed by atoms with Gasteiger partial charge in [0.15, 0.2) is 0 Å². The van der Waals surface area contributed by atoms with E-state index in [9.17, 15) is 9.59 Å². The summed E-state index contributed by atoms with van der Waals surface area (Å²) >= 11 is 0. The van der Waals surface area contributed by atoms with Gasteiger partial charge in [-0.2, -0.15) is 4.98 Å². The average Bonchev–Trinajstić information content (AvgIpc) is 3.07. The fourth-order valence-corrected chi connectivity index (χ4v) is 2.95. The molecule has 0 aromatic carbocycles. The van der Waals surface area contributed by atoms with Crippen molar-refractivity contribution in [3.8, 4) is 0 Å². The molecule has 9 nitrogen and oxygen atoms in total. The molecule has 9 heteroatoms. The van der Waals surface area contributed by atoms with Gasteiger partial charge in [-0.05, 0) is 12.8 Å². The van der Waals surface area contributed by atoms with Gasteiger partial charge in [-0.3, -0.25) is 14.6 Å². The second kappa shape index (κ2) is 7.63. The van der Waals surface area contributed by atoms with Gasteiger partial charge in [0.2, 0.25) is 11.9 Å². The minimum Gasteiger partial charge on any atom is -0.376 e. The fourth-order valence-electron chi connectivity index (χ4n) is 2.95. The molecule has 2 aliphatic heterocycles. The molecule has 0 unspecified atom stereocenters. The SMILES string of the molecule is Nc1nc(N2CCN(C(=O)COC[C@H]3CCCO3)CC2)cc(=O)[nH]1. The van der Waals surface area contributed by atoms with E-state index in [1.165, 1.54) is 6.07 Å². The Kier molecular flexibility index (Phi) is 5.31. The standard InChI is InChI=1S/C15H23N5O4/c16-15-17-12(8-13(21)18-15)19-3-5-20(6-4-19)14(22)10-23-9-11-2-1-7-24-11/h8,11H,1-7,9-10H2,(H3,16,17,18,21)/t11-/m1/s1. The molecule has 3 rings (SSSR count). The van der Waals surface area contributed by atoms with Crippen LogP contribution in [0, 0.1) is 0 Å². The van der Waals surface area contributed by atoms with E-state index in [2.05, 4.69) is 9.97 Å². The predicted octanol–water partition coefficient (Wildman–Crippen LogP) is -0.804. The van der Waals surface area contributed by atoms with Crippen LogP contribution >= 0.6 is 0 Å². The number of nitrogens with one attached hydrogen (secondary N) is 1. The van der Waals surface area contributed by atoms with Crippen molar-refractivity contribution in [2.24, 2.45) is 0 Å². The summed E-state index contributed by atoms with van der Waals surface area (Å²) in [6.07, 6.45) is 2.19. The van der Waals surface area contributed by atoms with E-state index in [-0.39, 0.29) is 30.1 Å². The quantitative estimate of drug-likeness (QED) is 0.723. The lowest BCUT2D eigenvalue weighted by molar-refractivity contribution is -0.137. The Morgan fingerprint density at radius 2 is 2.21 bits per heavy atom. The molecule has 24 heavy (non-hydrogen) atoms. The molecule has 3 heterocycles. The second-order valence-corrected chi connectivity index (χ2v) is 6.01. The first kappa shape index (κ1) is 16.7. The zero-order valence-electron chi connectivity index (χ0n) is 13.6. The maximum Gasteiger partial charge on any atom is 0.254 e. The molecule has 3 N–H and O–H groups in total. The first-order valence-corrected chi connectivity index (χ1v) is 8.21. The highest BCUT2D eigenvalue weighted by atomic mass is 16.5. The average molecular weight is 337 g/mol. The molecular formula is C15H23N5O4. The Hall–Kier alpha value is -2.13. The van der Waals surface area contributed by atoms with Gasteiger partial charge in [0.05, 0.1) is 12.7 Å². The van der Waals surface area contributed by atoms with Gasteiger partial charge in [-0.1, -0.05) is 0 Å². The van der Waals surface area contributed by atoms with Crippen molar-refractivity contribution in [2.45, 2.75) is 18.9 Å². The molecule has 1 aromatic heterocycles. The lowest BCUT2D eigenvalue weighted by Crippen LogP contribution is -2.50. The zero-order chi connectivity index (χ0) is 16.9. The smallest absolute Gasteiger partial charge is 0.254 e. The number of anilines is 2. The molecule has 1 atom stereocenters. The molecule has 2 fully saturated rings. The summed E-state index contributed by atoms with van der Waals surface area (Å²) in [5.41, 5.74) is 5.28. The summed E-state index contributed by atoms with van der Waals surface area (Å²) in [6.45, 7) is 3.68. The van der Waals surface area contributed by atoms with Crippen molar-refractivity contribution >= 4 is 17.7 Å². The van der Waals surface area contributed by atoms with Crippen molar-refractivity contribution in [3.63, 3.8) is 0 Å². The lowest BCUT2D eigenvalue weighted by atomic mass is 10.2. The molecule has 132 valence electrons. The number of rotatable bonds is 5. The van der Waals surface area contributed by atoms with Crippen LogP contribution < -0.4 is 16.2 Å². The number of H-pyrrole nitrogens is 1. The van der Waals surface area contributed by atoms with Crippen molar-refractivity contribution in [1.82, 2.24) is 14.9 Å². The number of carbonyl (C=O) groups is 1. The van der Waals surface area contributed by atoms with Gasteiger partial charge >= 0.3 is 0 Å². The fraction of sp³-hybridized carbons (Fsp3) is 0.667. The number of aromatic amines is 1. The summed E-state index contributed by atoms with van der Waals surface area (Å²) in [5.74, 6) is 0.613. The summed E-state index contributed by atoms with van der Waals surface area (Å²) < 4.78 is 10.9. The summed E-state index contributed by atoms with van der Waals surface area (Å²) in [4.78, 5) is 33.9. The molecule has 0 bridgehead atoms. The zero-order valence-corrected chi connectivity index (χ0v) is 13.6. The van der Waals surface area contributed by atoms with Crippen molar-refractivity contribution in [3.05, 3.63) is 16.4 Å². The molecule has 0 spiro atoms. The van der Waals surface area contributed by atoms with E-state index in [0.29, 0.717) is 38.6 Å². The number of hydrogen-bond donors (Lipinski definition) is 2. The Balaban J connectivity index is 1.44. The molecule has 0 aliphatic carbocycles. The molecule has 2 saturated heterocycles. The number of nitrogens with zero attached hydrogens (tertiary/aromatic N) is 3. The third kappa shape index (κ3) is 4.24. The number of carbonyl (C=O) groups excluding carboxylic acids is 1. The minimum atomic E-state index is -0.279. The normalized spacial score (nSPS) is 21.2. The molecular weight excluding hydrogens is 314 g/mol. The summed E-state index contributed by atoms with van der Waals surface area (Å²) in [5, 5.41) is 0. The largest absolute Gasteiger partial charge is 0.376 e. The molecule has 1 aromatic rings. The summed E-state index contributed by atoms with van der Waals surface area (Å²) in [7, 11) is 0. The van der Waals surface area contributed by atoms with Crippen LogP contribution in [0.4, 0.5) is 11.8 Å². The number of nitrogen functional groups attached to an aromatic ring is 1. The van der Waals surface area contributed by atoms with Gasteiger partial charge in [0.25, 0.3) is 5.56 Å². The number of ether oxygens (including phenoxy) is 2. The van der Waals surface area contributed by atoms with E-state index in [0.717, 1.165) is 19.4 Å². The van der Waals surface area contributed by atoms with Crippen LogP contribution in [0.2, 0.25) is 0 Å². The molecule has 1 amide bonds. The predicted molar refractivity (Wildman–Crippen MR) is 87.9 cm³/mol. The van der Waals surface area contributed by atoms with Crippen LogP contribution in [-0.4, -0.2) is 72.9 Å². The number of piperazine rings is 1. The van der Waals surface area contributed by atoms with Crippen molar-refractivity contribution < 1.29 is 14.3 Å². The third-order valence-corrected chi connectivity index (χ3v) is 4.26. The maximum atomic E-state index is 12.2. The number of nitrogens with two attached hydrogens (primary N) is 1. The second-order valence-electron chi connectivity index (χ2n) is 6.01. The van der Waals surface area contributed by atoms with Gasteiger partial charge in [0.1, 0.15) is 12.4 Å². The molecule has 0 saturated carbocycles. The van der Waals surface area contributed by atoms with Gasteiger partial charge in [-0.25, -0.2) is 0 Å². The summed E-state index contributed by atoms with van der Waals surface area (Å²) in [6, 6.07) is 1.42. The van der Waals surface area contributed by atoms with E-state index < -0.39 is 0 Å². The lowest BCUT2D eigenvalue weighted by Gasteiger charge is -2.35. The van der Waals surface area contributed by atoms with Crippen molar-refractivity contribution in [2.75, 3.05) is 56.6 Å². The highest BCUT2D eigenvalue weighted by Crippen LogP contribution is 2.13. The van der Waals surface area contributed by atoms with Crippen LogP contribution in [-0.2, 0) is 14.3 Å². The Labute approximate surface area is 139 Å². The maximum absolute atomic E-state index is 12.2. The monoisotopic (exact) mass is 337 g/mol. The van der Waals surface area contributed by atoms with Crippen LogP contribution in [0.25, 0.3) is 0 Å². The Bertz CT molecular complexity index is 621. The van der Waals surface area contributed by atoms with Crippen molar-refractivity contribution in [1.29, 1.82) is 0 Å². The van der Waals surface area contributed by atoms with Gasteiger partial charge in [-0.15, -0.1) is 0 Å². The third-order valence-electron chi connectivity index (χ3n) is 4.26. The van der Waals surface area contributed by atoms with Crippen LogP contribution in [0.1, 0.15) is 12.8 Å². The van der Waals surface area contributed by atoms with E-state index in [1.807, 2.05) is 4.90 Å². The van der Waals surface area contributed by atoms with E-state index in [1.54, 1.807) is 4.90 Å². The number of aromatic nitrogens is 2. The van der Waals surface area contributed by atoms with Gasteiger partial charge in [0, 0.05) is 38.9 Å². The first-order valence-electron chi connectivity index (χ1n) is 8.21. The van der Waals surface area contributed by atoms with E-state index in [4.69, 9.17) is 15.2 Å². The van der Waals surface area contributed by atoms with Gasteiger partial charge < -0.3 is 25.0 Å². The minimum absolute atomic E-state index is 0.0222. The highest BCUT2D eigenvalue weighted by Gasteiger charge is 2.23. The molecule has 2 aliphatic rings. The van der Waals surface area contributed by atoms with Crippen LogP contribution in [0.5, 0.6) is 0 Å². The Morgan fingerprint density at radius 1 is 1.42 bits per heavy atom. The van der Waals surface area contributed by atoms with Crippen LogP contribution in [0.15, 0.2) is 10.9 Å². The number of amides is 1. The molecule has 0 radical (unpaired) electrons. The number of hydrogen-bond acceptors (Lipinski definition) is 7. The van der Waals surface area contributed by atoms with Crippen LogP contribution in [0.3, 0.4) is 0 Å². The first-order chi connectivity index (χ1) is 11.6. The topological polar surface area (TPSA) is 114 Å². The van der Waals surface area contributed by atoms with E-state index >= 15 is 0 Å². The highest BCUT2D eigenvalue weighted by molar-refractivity contribution is 5.77.